The summed E-state index contributed by atoms with van der Waals surface area (Å²) in [5, 5.41) is 2.95. The summed E-state index contributed by atoms with van der Waals surface area (Å²) in [5.74, 6) is 0. The van der Waals surface area contributed by atoms with Crippen molar-refractivity contribution in [2.75, 3.05) is 26.3 Å². The zero-order chi connectivity index (χ0) is 11.0. The first-order valence-electron chi connectivity index (χ1n) is 4.41. The monoisotopic (exact) mass is 211 g/mol. The van der Waals surface area contributed by atoms with Crippen LogP contribution in [-0.4, -0.2) is 32.5 Å². The van der Waals surface area contributed by atoms with Gasteiger partial charge < -0.3 is 10.1 Å². The maximum atomic E-state index is 11.6. The maximum Gasteiger partial charge on any atom is 0.411 e. The zero-order valence-electron chi connectivity index (χ0n) is 8.28. The SMILES string of the molecule is C=C(C)CCNCCOCC(F)(F)F. The van der Waals surface area contributed by atoms with Gasteiger partial charge >= 0.3 is 6.18 Å². The largest absolute Gasteiger partial charge is 0.411 e. The molecule has 0 fully saturated rings. The third kappa shape index (κ3) is 11.4. The second-order valence-electron chi connectivity index (χ2n) is 3.12. The summed E-state index contributed by atoms with van der Waals surface area (Å²) in [7, 11) is 0. The molecular weight excluding hydrogens is 195 g/mol. The van der Waals surface area contributed by atoms with Crippen LogP contribution in [0.3, 0.4) is 0 Å². The highest BCUT2D eigenvalue weighted by Crippen LogP contribution is 2.13. The lowest BCUT2D eigenvalue weighted by atomic mass is 10.2. The molecule has 0 radical (unpaired) electrons. The Morgan fingerprint density at radius 3 is 2.50 bits per heavy atom. The lowest BCUT2D eigenvalue weighted by Gasteiger charge is -2.08. The summed E-state index contributed by atoms with van der Waals surface area (Å²) in [6, 6.07) is 0. The predicted molar refractivity (Wildman–Crippen MR) is 49.2 cm³/mol. The fourth-order valence-electron chi connectivity index (χ4n) is 0.759. The van der Waals surface area contributed by atoms with E-state index >= 15 is 0 Å². The number of halogens is 3. The third-order valence-electron chi connectivity index (χ3n) is 1.42. The molecule has 0 saturated carbocycles. The van der Waals surface area contributed by atoms with Crippen LogP contribution in [0.1, 0.15) is 13.3 Å². The molecule has 0 rings (SSSR count). The minimum absolute atomic E-state index is 0.0791. The van der Waals surface area contributed by atoms with Gasteiger partial charge in [-0.15, -0.1) is 6.58 Å². The Hall–Kier alpha value is -0.550. The van der Waals surface area contributed by atoms with Gasteiger partial charge in [0.15, 0.2) is 0 Å². The fraction of sp³-hybridized carbons (Fsp3) is 0.778. The molecule has 0 aromatic heterocycles. The molecule has 0 aromatic carbocycles. The molecule has 0 spiro atoms. The number of hydrogen-bond donors (Lipinski definition) is 1. The highest BCUT2D eigenvalue weighted by atomic mass is 19.4. The van der Waals surface area contributed by atoms with E-state index in [1.54, 1.807) is 0 Å². The van der Waals surface area contributed by atoms with Crippen molar-refractivity contribution in [3.63, 3.8) is 0 Å². The Labute approximate surface area is 82.1 Å². The van der Waals surface area contributed by atoms with Crippen LogP contribution in [0.2, 0.25) is 0 Å². The zero-order valence-corrected chi connectivity index (χ0v) is 8.28. The second kappa shape index (κ2) is 6.84. The van der Waals surface area contributed by atoms with E-state index in [0.29, 0.717) is 6.54 Å². The summed E-state index contributed by atoms with van der Waals surface area (Å²) in [6.07, 6.45) is -3.39. The summed E-state index contributed by atoms with van der Waals surface area (Å²) in [4.78, 5) is 0. The molecule has 14 heavy (non-hydrogen) atoms. The van der Waals surface area contributed by atoms with E-state index in [9.17, 15) is 13.2 Å². The molecule has 0 amide bonds. The van der Waals surface area contributed by atoms with Crippen LogP contribution in [0, 0.1) is 0 Å². The van der Waals surface area contributed by atoms with Crippen molar-refractivity contribution in [2.24, 2.45) is 0 Å². The summed E-state index contributed by atoms with van der Waals surface area (Å²) < 4.78 is 39.1. The van der Waals surface area contributed by atoms with Gasteiger partial charge in [-0.2, -0.15) is 13.2 Å². The summed E-state index contributed by atoms with van der Waals surface area (Å²) in [5.41, 5.74) is 1.05. The molecule has 0 aliphatic carbocycles. The molecule has 1 N–H and O–H groups in total. The van der Waals surface area contributed by atoms with Gasteiger partial charge in [-0.3, -0.25) is 0 Å². The standard InChI is InChI=1S/C9H16F3NO/c1-8(2)3-4-13-5-6-14-7-9(10,11)12/h13H,1,3-7H2,2H3. The quantitative estimate of drug-likeness (QED) is 0.514. The van der Waals surface area contributed by atoms with Gasteiger partial charge in [-0.25, -0.2) is 0 Å². The van der Waals surface area contributed by atoms with E-state index in [-0.39, 0.29) is 6.61 Å². The highest BCUT2D eigenvalue weighted by molar-refractivity contribution is 4.87. The smallest absolute Gasteiger partial charge is 0.371 e. The summed E-state index contributed by atoms with van der Waals surface area (Å²) in [6.45, 7) is 5.67. The average Bonchev–Trinajstić information content (AvgIpc) is 2.00. The van der Waals surface area contributed by atoms with E-state index in [1.165, 1.54) is 0 Å². The van der Waals surface area contributed by atoms with Crippen LogP contribution in [0.4, 0.5) is 13.2 Å². The molecule has 5 heteroatoms. The number of alkyl halides is 3. The topological polar surface area (TPSA) is 21.3 Å². The molecule has 84 valence electrons. The van der Waals surface area contributed by atoms with Gasteiger partial charge in [0.2, 0.25) is 0 Å². The van der Waals surface area contributed by atoms with Crippen molar-refractivity contribution in [3.05, 3.63) is 12.2 Å². The van der Waals surface area contributed by atoms with E-state index < -0.39 is 12.8 Å². The van der Waals surface area contributed by atoms with Crippen molar-refractivity contribution < 1.29 is 17.9 Å². The van der Waals surface area contributed by atoms with Crippen molar-refractivity contribution in [1.82, 2.24) is 5.32 Å². The Bertz CT molecular complexity index is 168. The highest BCUT2D eigenvalue weighted by Gasteiger charge is 2.26. The first-order chi connectivity index (χ1) is 6.42. The van der Waals surface area contributed by atoms with Crippen molar-refractivity contribution in [2.45, 2.75) is 19.5 Å². The fourth-order valence-corrected chi connectivity index (χ4v) is 0.759. The van der Waals surface area contributed by atoms with Crippen LogP contribution in [0.5, 0.6) is 0 Å². The number of nitrogens with one attached hydrogen (secondary N) is 1. The number of hydrogen-bond acceptors (Lipinski definition) is 2. The minimum atomic E-state index is -4.22. The number of rotatable bonds is 7. The predicted octanol–water partition coefficient (Wildman–Crippen LogP) is 2.12. The lowest BCUT2D eigenvalue weighted by Crippen LogP contribution is -2.24. The van der Waals surface area contributed by atoms with Crippen LogP contribution in [-0.2, 0) is 4.74 Å². The second-order valence-corrected chi connectivity index (χ2v) is 3.12. The van der Waals surface area contributed by atoms with Crippen LogP contribution in [0.25, 0.3) is 0 Å². The molecule has 0 aliphatic heterocycles. The van der Waals surface area contributed by atoms with Crippen molar-refractivity contribution in [1.29, 1.82) is 0 Å². The number of ether oxygens (including phenoxy) is 1. The molecule has 0 aromatic rings. The van der Waals surface area contributed by atoms with Gasteiger partial charge in [0.1, 0.15) is 6.61 Å². The molecule has 0 aliphatic rings. The Kier molecular flexibility index (Phi) is 6.57. The van der Waals surface area contributed by atoms with Crippen LogP contribution in [0.15, 0.2) is 12.2 Å². The van der Waals surface area contributed by atoms with Crippen molar-refractivity contribution in [3.8, 4) is 0 Å². The summed E-state index contributed by atoms with van der Waals surface area (Å²) >= 11 is 0. The van der Waals surface area contributed by atoms with E-state index in [4.69, 9.17) is 0 Å². The van der Waals surface area contributed by atoms with Crippen LogP contribution >= 0.6 is 0 Å². The van der Waals surface area contributed by atoms with Gasteiger partial charge in [0.25, 0.3) is 0 Å². The minimum Gasteiger partial charge on any atom is -0.371 e. The van der Waals surface area contributed by atoms with Gasteiger partial charge in [0, 0.05) is 6.54 Å². The Balaban J connectivity index is 3.11. The molecular formula is C9H16F3NO. The Morgan fingerprint density at radius 1 is 1.36 bits per heavy atom. The molecule has 0 unspecified atom stereocenters. The molecule has 2 nitrogen and oxygen atoms in total. The average molecular weight is 211 g/mol. The van der Waals surface area contributed by atoms with E-state index in [1.807, 2.05) is 6.92 Å². The van der Waals surface area contributed by atoms with Crippen molar-refractivity contribution >= 4 is 0 Å². The Morgan fingerprint density at radius 2 is 2.00 bits per heavy atom. The first kappa shape index (κ1) is 13.4. The molecule has 0 saturated heterocycles. The lowest BCUT2D eigenvalue weighted by molar-refractivity contribution is -0.173. The normalized spacial score (nSPS) is 11.7. The van der Waals surface area contributed by atoms with Crippen LogP contribution < -0.4 is 5.32 Å². The molecule has 0 bridgehead atoms. The van der Waals surface area contributed by atoms with Gasteiger partial charge in [0.05, 0.1) is 6.61 Å². The molecule has 0 heterocycles. The van der Waals surface area contributed by atoms with E-state index in [2.05, 4.69) is 16.6 Å². The van der Waals surface area contributed by atoms with Gasteiger partial charge in [-0.1, -0.05) is 5.57 Å². The third-order valence-corrected chi connectivity index (χ3v) is 1.42. The first-order valence-corrected chi connectivity index (χ1v) is 4.41. The maximum absolute atomic E-state index is 11.6. The van der Waals surface area contributed by atoms with Gasteiger partial charge in [-0.05, 0) is 19.9 Å². The van der Waals surface area contributed by atoms with E-state index in [0.717, 1.165) is 18.5 Å². The molecule has 0 atom stereocenters.